The summed E-state index contributed by atoms with van der Waals surface area (Å²) in [6.45, 7) is 2.57. The summed E-state index contributed by atoms with van der Waals surface area (Å²) in [7, 11) is 0. The van der Waals surface area contributed by atoms with Crippen LogP contribution in [0.3, 0.4) is 0 Å². The molecule has 0 radical (unpaired) electrons. The third kappa shape index (κ3) is 3.64. The van der Waals surface area contributed by atoms with Crippen molar-refractivity contribution in [2.24, 2.45) is 11.7 Å². The van der Waals surface area contributed by atoms with Crippen molar-refractivity contribution in [2.75, 3.05) is 6.54 Å². The van der Waals surface area contributed by atoms with Crippen molar-refractivity contribution in [1.29, 1.82) is 0 Å². The second kappa shape index (κ2) is 7.80. The molecule has 0 saturated heterocycles. The number of hydrogen-bond donors (Lipinski definition) is 2. The molecule has 1 unspecified atom stereocenters. The van der Waals surface area contributed by atoms with Crippen molar-refractivity contribution >= 4 is 18.3 Å². The minimum absolute atomic E-state index is 0. The predicted octanol–water partition coefficient (Wildman–Crippen LogP) is 2.95. The van der Waals surface area contributed by atoms with Crippen LogP contribution in [-0.2, 0) is 12.8 Å². The number of rotatable bonds is 5. The highest BCUT2D eigenvalue weighted by Gasteiger charge is 2.33. The van der Waals surface area contributed by atoms with Crippen LogP contribution < -0.4 is 11.1 Å². The lowest BCUT2D eigenvalue weighted by Gasteiger charge is -2.16. The highest BCUT2D eigenvalue weighted by atomic mass is 35.5. The molecule has 26 heavy (non-hydrogen) atoms. The first-order chi connectivity index (χ1) is 12.2. The molecule has 1 aromatic carbocycles. The molecule has 2 aliphatic rings. The van der Waals surface area contributed by atoms with Crippen LogP contribution in [0.1, 0.15) is 53.0 Å². The van der Waals surface area contributed by atoms with E-state index in [9.17, 15) is 4.79 Å². The summed E-state index contributed by atoms with van der Waals surface area (Å²) in [4.78, 5) is 12.9. The number of nitrogens with one attached hydrogen (secondary N) is 1. The number of benzene rings is 1. The van der Waals surface area contributed by atoms with Crippen molar-refractivity contribution in [3.05, 3.63) is 46.8 Å². The van der Waals surface area contributed by atoms with Gasteiger partial charge >= 0.3 is 0 Å². The minimum Gasteiger partial charge on any atom is -0.346 e. The van der Waals surface area contributed by atoms with Gasteiger partial charge in [0.25, 0.3) is 5.91 Å². The topological polar surface area (TPSA) is 72.9 Å². The van der Waals surface area contributed by atoms with Crippen LogP contribution in [0.2, 0.25) is 0 Å². The summed E-state index contributed by atoms with van der Waals surface area (Å²) in [6.07, 6.45) is 6.51. The molecule has 1 heterocycles. The Morgan fingerprint density at radius 2 is 1.96 bits per heavy atom. The summed E-state index contributed by atoms with van der Waals surface area (Å²) in [6, 6.07) is 8.40. The lowest BCUT2D eigenvalue weighted by Crippen LogP contribution is -2.42. The zero-order chi connectivity index (χ0) is 17.4. The van der Waals surface area contributed by atoms with Crippen molar-refractivity contribution in [2.45, 2.75) is 51.5 Å². The summed E-state index contributed by atoms with van der Waals surface area (Å²) >= 11 is 0. The average Bonchev–Trinajstić information content (AvgIpc) is 3.40. The molecule has 1 amide bonds. The highest BCUT2D eigenvalue weighted by molar-refractivity contribution is 5.94. The smallest absolute Gasteiger partial charge is 0.272 e. The second-order valence-electron chi connectivity index (χ2n) is 7.38. The highest BCUT2D eigenvalue weighted by Crippen LogP contribution is 2.33. The number of aromatic nitrogens is 2. The van der Waals surface area contributed by atoms with E-state index in [-0.39, 0.29) is 24.4 Å². The zero-order valence-corrected chi connectivity index (χ0v) is 16.0. The van der Waals surface area contributed by atoms with E-state index in [4.69, 9.17) is 10.8 Å². The maximum atomic E-state index is 12.9. The van der Waals surface area contributed by atoms with Crippen molar-refractivity contribution < 1.29 is 4.79 Å². The second-order valence-corrected chi connectivity index (χ2v) is 7.38. The molecule has 2 aromatic rings. The van der Waals surface area contributed by atoms with E-state index in [1.165, 1.54) is 11.3 Å². The van der Waals surface area contributed by atoms with E-state index in [0.717, 1.165) is 49.8 Å². The molecule has 1 fully saturated rings. The first-order valence-electron chi connectivity index (χ1n) is 9.36. The number of hydrogen-bond acceptors (Lipinski definition) is 3. The monoisotopic (exact) mass is 374 g/mol. The molecule has 6 heteroatoms. The standard InChI is InChI=1S/C20H26N4O.ClH/c1-13-6-10-15(11-7-13)24-18-5-3-2-4-16(18)19(23-24)20(25)22-17(12-21)14-8-9-14;/h6-7,10-11,14,17H,2-5,8-9,12,21H2,1H3,(H,22,25);1H. The van der Waals surface area contributed by atoms with Crippen LogP contribution in [0, 0.1) is 12.8 Å². The molecular formula is C20H27ClN4O. The van der Waals surface area contributed by atoms with Gasteiger partial charge in [-0.25, -0.2) is 4.68 Å². The third-order valence-corrected chi connectivity index (χ3v) is 5.44. The summed E-state index contributed by atoms with van der Waals surface area (Å²) in [5.41, 5.74) is 11.0. The van der Waals surface area contributed by atoms with E-state index in [1.807, 2.05) is 4.68 Å². The number of amides is 1. The Bertz CT molecular complexity index is 780. The fourth-order valence-corrected chi connectivity index (χ4v) is 3.79. The average molecular weight is 375 g/mol. The Morgan fingerprint density at radius 3 is 2.62 bits per heavy atom. The molecule has 2 aliphatic carbocycles. The maximum Gasteiger partial charge on any atom is 0.272 e. The normalized spacial score (nSPS) is 17.2. The fraction of sp³-hybridized carbons (Fsp3) is 0.500. The molecule has 0 spiro atoms. The molecule has 3 N–H and O–H groups in total. The molecule has 1 atom stereocenters. The van der Waals surface area contributed by atoms with E-state index in [0.29, 0.717) is 18.2 Å². The van der Waals surface area contributed by atoms with Crippen LogP contribution >= 0.6 is 12.4 Å². The van der Waals surface area contributed by atoms with Gasteiger partial charge in [-0.1, -0.05) is 17.7 Å². The van der Waals surface area contributed by atoms with Crippen molar-refractivity contribution in [1.82, 2.24) is 15.1 Å². The predicted molar refractivity (Wildman–Crippen MR) is 105 cm³/mol. The number of halogens is 1. The number of fused-ring (bicyclic) bond motifs is 1. The number of aryl methyl sites for hydroxylation is 1. The summed E-state index contributed by atoms with van der Waals surface area (Å²) < 4.78 is 1.97. The lowest BCUT2D eigenvalue weighted by atomic mass is 9.95. The van der Waals surface area contributed by atoms with Crippen LogP contribution in [0.25, 0.3) is 5.69 Å². The number of nitrogens with two attached hydrogens (primary N) is 1. The van der Waals surface area contributed by atoms with Gasteiger partial charge in [0, 0.05) is 23.8 Å². The van der Waals surface area contributed by atoms with Gasteiger partial charge in [-0.15, -0.1) is 12.4 Å². The lowest BCUT2D eigenvalue weighted by molar-refractivity contribution is 0.0927. The Hall–Kier alpha value is -1.85. The van der Waals surface area contributed by atoms with E-state index in [1.54, 1.807) is 0 Å². The van der Waals surface area contributed by atoms with Gasteiger partial charge < -0.3 is 11.1 Å². The Balaban J connectivity index is 0.00000196. The quantitative estimate of drug-likeness (QED) is 0.845. The molecule has 5 nitrogen and oxygen atoms in total. The minimum atomic E-state index is -0.0636. The Labute approximate surface area is 160 Å². The third-order valence-electron chi connectivity index (χ3n) is 5.44. The number of carbonyl (C=O) groups excluding carboxylic acids is 1. The Kier molecular flexibility index (Phi) is 5.68. The van der Waals surface area contributed by atoms with Crippen LogP contribution in [0.15, 0.2) is 24.3 Å². The van der Waals surface area contributed by atoms with Gasteiger partial charge in [0.1, 0.15) is 0 Å². The van der Waals surface area contributed by atoms with Crippen molar-refractivity contribution in [3.63, 3.8) is 0 Å². The number of carbonyl (C=O) groups is 1. The molecule has 140 valence electrons. The van der Waals surface area contributed by atoms with Crippen molar-refractivity contribution in [3.8, 4) is 5.69 Å². The van der Waals surface area contributed by atoms with Gasteiger partial charge in [-0.3, -0.25) is 4.79 Å². The first kappa shape index (κ1) is 18.9. The van der Waals surface area contributed by atoms with E-state index in [2.05, 4.69) is 36.5 Å². The molecule has 1 saturated carbocycles. The summed E-state index contributed by atoms with van der Waals surface area (Å²) in [5.74, 6) is 0.482. The molecule has 0 aliphatic heterocycles. The van der Waals surface area contributed by atoms with E-state index >= 15 is 0 Å². The zero-order valence-electron chi connectivity index (χ0n) is 15.2. The Morgan fingerprint density at radius 1 is 1.27 bits per heavy atom. The molecule has 0 bridgehead atoms. The van der Waals surface area contributed by atoms with Gasteiger partial charge in [-0.05, 0) is 63.5 Å². The van der Waals surface area contributed by atoms with E-state index < -0.39 is 0 Å². The van der Waals surface area contributed by atoms with Gasteiger partial charge in [0.15, 0.2) is 5.69 Å². The van der Waals surface area contributed by atoms with Crippen LogP contribution in [0.4, 0.5) is 0 Å². The largest absolute Gasteiger partial charge is 0.346 e. The molecule has 1 aromatic heterocycles. The van der Waals surface area contributed by atoms with Crippen LogP contribution in [0.5, 0.6) is 0 Å². The number of nitrogens with zero attached hydrogens (tertiary/aromatic N) is 2. The van der Waals surface area contributed by atoms with Gasteiger partial charge in [0.05, 0.1) is 5.69 Å². The van der Waals surface area contributed by atoms with Crippen LogP contribution in [-0.4, -0.2) is 28.3 Å². The molecule has 4 rings (SSSR count). The molecular weight excluding hydrogens is 348 g/mol. The summed E-state index contributed by atoms with van der Waals surface area (Å²) in [5, 5.41) is 7.85. The fourth-order valence-electron chi connectivity index (χ4n) is 3.79. The van der Waals surface area contributed by atoms with Gasteiger partial charge in [0.2, 0.25) is 0 Å². The maximum absolute atomic E-state index is 12.9. The SMILES string of the molecule is Cc1ccc(-n2nc(C(=O)NC(CN)C3CC3)c3c2CCCC3)cc1.Cl. The van der Waals surface area contributed by atoms with Gasteiger partial charge in [-0.2, -0.15) is 5.10 Å². The first-order valence-corrected chi connectivity index (χ1v) is 9.36.